The summed E-state index contributed by atoms with van der Waals surface area (Å²) >= 11 is 1.41. The van der Waals surface area contributed by atoms with Gasteiger partial charge in [0.25, 0.3) is 9.05 Å². The normalized spacial score (nSPS) is 12.1. The van der Waals surface area contributed by atoms with Crippen LogP contribution >= 0.6 is 22.0 Å². The lowest BCUT2D eigenvalue weighted by Gasteiger charge is -2.01. The summed E-state index contributed by atoms with van der Waals surface area (Å²) in [4.78, 5) is 4.34. The predicted octanol–water partition coefficient (Wildman–Crippen LogP) is 2.79. The SMILES string of the molecule is CCc1cc(S(=O)(=O)Cl)cc2scnc12. The molecule has 0 radical (unpaired) electrons. The van der Waals surface area contributed by atoms with Crippen molar-refractivity contribution in [3.05, 3.63) is 23.2 Å². The number of rotatable bonds is 2. The third kappa shape index (κ3) is 2.00. The molecule has 0 saturated heterocycles. The number of aromatic nitrogens is 1. The maximum Gasteiger partial charge on any atom is 0.261 e. The fourth-order valence-electron chi connectivity index (χ4n) is 1.42. The van der Waals surface area contributed by atoms with Crippen molar-refractivity contribution >= 4 is 41.3 Å². The van der Waals surface area contributed by atoms with Gasteiger partial charge < -0.3 is 0 Å². The second-order valence-electron chi connectivity index (χ2n) is 3.07. The summed E-state index contributed by atoms with van der Waals surface area (Å²) in [6.07, 6.45) is 0.737. The molecule has 0 atom stereocenters. The van der Waals surface area contributed by atoms with E-state index in [0.717, 1.165) is 22.2 Å². The molecule has 0 aliphatic carbocycles. The zero-order chi connectivity index (χ0) is 11.1. The van der Waals surface area contributed by atoms with Crippen molar-refractivity contribution in [2.24, 2.45) is 0 Å². The van der Waals surface area contributed by atoms with E-state index in [1.54, 1.807) is 17.6 Å². The van der Waals surface area contributed by atoms with Crippen LogP contribution in [-0.2, 0) is 15.5 Å². The van der Waals surface area contributed by atoms with Crippen LogP contribution in [0.5, 0.6) is 0 Å². The Bertz CT molecular complexity index is 604. The summed E-state index contributed by atoms with van der Waals surface area (Å²) in [6.45, 7) is 1.96. The summed E-state index contributed by atoms with van der Waals surface area (Å²) in [5, 5.41) is 0. The first-order chi connectivity index (χ1) is 7.02. The van der Waals surface area contributed by atoms with Crippen molar-refractivity contribution < 1.29 is 8.42 Å². The molecule has 80 valence electrons. The van der Waals surface area contributed by atoms with E-state index < -0.39 is 9.05 Å². The average molecular weight is 262 g/mol. The summed E-state index contributed by atoms with van der Waals surface area (Å²) in [7, 11) is 1.66. The van der Waals surface area contributed by atoms with Gasteiger partial charge in [0.05, 0.1) is 20.6 Å². The zero-order valence-corrected chi connectivity index (χ0v) is 10.3. The van der Waals surface area contributed by atoms with Crippen molar-refractivity contribution in [3.63, 3.8) is 0 Å². The van der Waals surface area contributed by atoms with Gasteiger partial charge in [-0.1, -0.05) is 6.92 Å². The van der Waals surface area contributed by atoms with Gasteiger partial charge in [-0.05, 0) is 24.1 Å². The largest absolute Gasteiger partial charge is 0.261 e. The van der Waals surface area contributed by atoms with Crippen LogP contribution in [0.2, 0.25) is 0 Å². The Labute approximate surface area is 96.1 Å². The third-order valence-corrected chi connectivity index (χ3v) is 4.26. The number of nitrogens with zero attached hydrogens (tertiary/aromatic N) is 1. The Kier molecular flexibility index (Phi) is 2.70. The van der Waals surface area contributed by atoms with Gasteiger partial charge in [0, 0.05) is 10.7 Å². The Morgan fingerprint density at radius 2 is 2.20 bits per heavy atom. The highest BCUT2D eigenvalue weighted by Gasteiger charge is 2.14. The van der Waals surface area contributed by atoms with Gasteiger partial charge in [0.2, 0.25) is 0 Å². The summed E-state index contributed by atoms with van der Waals surface area (Å²) in [5.41, 5.74) is 3.48. The monoisotopic (exact) mass is 261 g/mol. The Morgan fingerprint density at radius 3 is 2.80 bits per heavy atom. The molecule has 1 heterocycles. The minimum absolute atomic E-state index is 0.151. The second kappa shape index (κ2) is 3.73. The maximum atomic E-state index is 11.2. The van der Waals surface area contributed by atoms with Crippen LogP contribution in [0, 0.1) is 0 Å². The molecule has 3 nitrogen and oxygen atoms in total. The van der Waals surface area contributed by atoms with Crippen molar-refractivity contribution in [2.75, 3.05) is 0 Å². The van der Waals surface area contributed by atoms with Gasteiger partial charge in [-0.25, -0.2) is 13.4 Å². The zero-order valence-electron chi connectivity index (χ0n) is 7.90. The third-order valence-electron chi connectivity index (χ3n) is 2.15. The summed E-state index contributed by atoms with van der Waals surface area (Å²) < 4.78 is 23.3. The fourth-order valence-corrected chi connectivity index (χ4v) is 3.07. The highest BCUT2D eigenvalue weighted by Crippen LogP contribution is 2.27. The Balaban J connectivity index is 2.80. The van der Waals surface area contributed by atoms with E-state index >= 15 is 0 Å². The molecule has 1 aromatic heterocycles. The van der Waals surface area contributed by atoms with E-state index in [4.69, 9.17) is 10.7 Å². The van der Waals surface area contributed by atoms with E-state index in [-0.39, 0.29) is 4.90 Å². The highest BCUT2D eigenvalue weighted by molar-refractivity contribution is 8.13. The number of fused-ring (bicyclic) bond motifs is 1. The highest BCUT2D eigenvalue weighted by atomic mass is 35.7. The molecule has 0 N–H and O–H groups in total. The Hall–Kier alpha value is -0.650. The van der Waals surface area contributed by atoms with Gasteiger partial charge in [-0.3, -0.25) is 0 Å². The molecule has 0 saturated carbocycles. The first-order valence-electron chi connectivity index (χ1n) is 4.33. The van der Waals surface area contributed by atoms with Crippen LogP contribution in [0.3, 0.4) is 0 Å². The molecule has 1 aromatic carbocycles. The van der Waals surface area contributed by atoms with Crippen molar-refractivity contribution in [1.82, 2.24) is 4.98 Å². The maximum absolute atomic E-state index is 11.2. The smallest absolute Gasteiger partial charge is 0.244 e. The summed E-state index contributed by atoms with van der Waals surface area (Å²) in [6, 6.07) is 3.15. The molecule has 0 aliphatic heterocycles. The molecule has 0 fully saturated rings. The van der Waals surface area contributed by atoms with E-state index in [2.05, 4.69) is 4.98 Å². The van der Waals surface area contributed by atoms with Crippen LogP contribution in [0.1, 0.15) is 12.5 Å². The lowest BCUT2D eigenvalue weighted by atomic mass is 10.1. The molecule has 6 heteroatoms. The predicted molar refractivity (Wildman–Crippen MR) is 62.0 cm³/mol. The van der Waals surface area contributed by atoms with Crippen molar-refractivity contribution in [3.8, 4) is 0 Å². The van der Waals surface area contributed by atoms with Crippen LogP contribution in [-0.4, -0.2) is 13.4 Å². The number of benzene rings is 1. The van der Waals surface area contributed by atoms with Crippen LogP contribution in [0.4, 0.5) is 0 Å². The van der Waals surface area contributed by atoms with Crippen LogP contribution in [0.15, 0.2) is 22.5 Å². The molecule has 15 heavy (non-hydrogen) atoms. The molecule has 0 aliphatic rings. The van der Waals surface area contributed by atoms with E-state index in [1.165, 1.54) is 11.3 Å². The van der Waals surface area contributed by atoms with Crippen molar-refractivity contribution in [2.45, 2.75) is 18.2 Å². The molecule has 0 amide bonds. The molecule has 0 bridgehead atoms. The van der Waals surface area contributed by atoms with E-state index in [1.807, 2.05) is 6.92 Å². The van der Waals surface area contributed by atoms with Gasteiger partial charge >= 0.3 is 0 Å². The number of halogens is 1. The molecule has 0 unspecified atom stereocenters. The number of hydrogen-bond donors (Lipinski definition) is 0. The number of thiazole rings is 1. The van der Waals surface area contributed by atoms with Gasteiger partial charge in [0.15, 0.2) is 0 Å². The fraction of sp³-hybridized carbons (Fsp3) is 0.222. The molecular formula is C9H8ClNO2S2. The van der Waals surface area contributed by atoms with Gasteiger partial charge in [0.1, 0.15) is 0 Å². The summed E-state index contributed by atoms with van der Waals surface area (Å²) in [5.74, 6) is 0. The van der Waals surface area contributed by atoms with Crippen molar-refractivity contribution in [1.29, 1.82) is 0 Å². The first kappa shape index (κ1) is 10.9. The number of aryl methyl sites for hydroxylation is 1. The number of hydrogen-bond acceptors (Lipinski definition) is 4. The average Bonchev–Trinajstić information content (AvgIpc) is 2.62. The second-order valence-corrected chi connectivity index (χ2v) is 6.53. The first-order valence-corrected chi connectivity index (χ1v) is 7.52. The molecular weight excluding hydrogens is 254 g/mol. The lowest BCUT2D eigenvalue weighted by Crippen LogP contribution is -1.93. The molecule has 2 rings (SSSR count). The van der Waals surface area contributed by atoms with E-state index in [0.29, 0.717) is 0 Å². The van der Waals surface area contributed by atoms with Crippen LogP contribution < -0.4 is 0 Å². The lowest BCUT2D eigenvalue weighted by molar-refractivity contribution is 0.609. The Morgan fingerprint density at radius 1 is 1.47 bits per heavy atom. The van der Waals surface area contributed by atoms with Gasteiger partial charge in [-0.2, -0.15) is 0 Å². The molecule has 0 spiro atoms. The topological polar surface area (TPSA) is 47.0 Å². The quantitative estimate of drug-likeness (QED) is 0.781. The van der Waals surface area contributed by atoms with Crippen LogP contribution in [0.25, 0.3) is 10.2 Å². The minimum atomic E-state index is -3.65. The standard InChI is InChI=1S/C9H8ClNO2S2/c1-2-6-3-7(15(10,12)13)4-8-9(6)11-5-14-8/h3-5H,2H2,1H3. The molecule has 2 aromatic rings. The van der Waals surface area contributed by atoms with E-state index in [9.17, 15) is 8.42 Å². The van der Waals surface area contributed by atoms with Gasteiger partial charge in [-0.15, -0.1) is 11.3 Å². The minimum Gasteiger partial charge on any atom is -0.244 e.